The van der Waals surface area contributed by atoms with Crippen molar-refractivity contribution >= 4 is 6.09 Å². The number of nitrogens with zero attached hydrogens (tertiary/aromatic N) is 2. The second kappa shape index (κ2) is 8.16. The van der Waals surface area contributed by atoms with E-state index in [4.69, 9.17) is 9.47 Å². The van der Waals surface area contributed by atoms with Crippen LogP contribution >= 0.6 is 0 Å². The maximum atomic E-state index is 12.5. The van der Waals surface area contributed by atoms with Gasteiger partial charge < -0.3 is 14.4 Å². The minimum absolute atomic E-state index is 0.335. The van der Waals surface area contributed by atoms with E-state index in [-0.39, 0.29) is 6.09 Å². The van der Waals surface area contributed by atoms with E-state index in [0.717, 1.165) is 22.3 Å². The highest BCUT2D eigenvalue weighted by molar-refractivity contribution is 5.70. The summed E-state index contributed by atoms with van der Waals surface area (Å²) in [5.74, 6) is 0. The molecule has 25 heavy (non-hydrogen) atoms. The quantitative estimate of drug-likeness (QED) is 0.865. The van der Waals surface area contributed by atoms with Crippen LogP contribution in [0.2, 0.25) is 0 Å². The number of ether oxygens (including phenoxy) is 2. The van der Waals surface area contributed by atoms with E-state index in [0.29, 0.717) is 19.7 Å². The molecule has 0 atom stereocenters. The minimum Gasteiger partial charge on any atom is -0.444 e. The van der Waals surface area contributed by atoms with Crippen LogP contribution in [0.5, 0.6) is 0 Å². The highest BCUT2D eigenvalue weighted by atomic mass is 16.6. The van der Waals surface area contributed by atoms with Crippen molar-refractivity contribution in [3.8, 4) is 11.1 Å². The Morgan fingerprint density at radius 1 is 1.32 bits per heavy atom. The lowest BCUT2D eigenvalue weighted by molar-refractivity contribution is 0.0183. The molecule has 0 radical (unpaired) electrons. The number of benzene rings is 1. The van der Waals surface area contributed by atoms with Crippen LogP contribution < -0.4 is 0 Å². The maximum Gasteiger partial charge on any atom is 0.410 e. The standard InChI is InChI=1S/C19H27N3O3/c1-14-15(7-6-8-17(14)16-11-20-21-12-16)13-22(9-10-24-5)18(23)25-19(2,3)4/h6-8,11-12H,9-10,13H2,1-5H3,(H,20,21). The Morgan fingerprint density at radius 3 is 2.68 bits per heavy atom. The van der Waals surface area contributed by atoms with Gasteiger partial charge in [-0.1, -0.05) is 18.2 Å². The van der Waals surface area contributed by atoms with Gasteiger partial charge in [0.15, 0.2) is 0 Å². The van der Waals surface area contributed by atoms with Crippen LogP contribution in [0.1, 0.15) is 31.9 Å². The Kier molecular flexibility index (Phi) is 6.20. The van der Waals surface area contributed by atoms with Gasteiger partial charge in [-0.05, 0) is 44.4 Å². The van der Waals surface area contributed by atoms with Crippen molar-refractivity contribution in [3.05, 3.63) is 41.7 Å². The fourth-order valence-electron chi connectivity index (χ4n) is 2.53. The number of rotatable bonds is 6. The zero-order chi connectivity index (χ0) is 18.4. The van der Waals surface area contributed by atoms with E-state index >= 15 is 0 Å². The molecule has 0 saturated heterocycles. The molecular weight excluding hydrogens is 318 g/mol. The van der Waals surface area contributed by atoms with Gasteiger partial charge in [0, 0.05) is 32.0 Å². The van der Waals surface area contributed by atoms with Crippen molar-refractivity contribution in [1.29, 1.82) is 0 Å². The molecule has 6 nitrogen and oxygen atoms in total. The molecule has 136 valence electrons. The first-order valence-corrected chi connectivity index (χ1v) is 8.36. The molecule has 1 aromatic carbocycles. The van der Waals surface area contributed by atoms with E-state index in [1.807, 2.05) is 39.1 Å². The molecule has 1 heterocycles. The number of hydrogen-bond donors (Lipinski definition) is 1. The van der Waals surface area contributed by atoms with E-state index in [9.17, 15) is 4.79 Å². The average Bonchev–Trinajstić information content (AvgIpc) is 3.05. The third kappa shape index (κ3) is 5.32. The fraction of sp³-hybridized carbons (Fsp3) is 0.474. The third-order valence-electron chi connectivity index (χ3n) is 3.83. The molecule has 6 heteroatoms. The zero-order valence-corrected chi connectivity index (χ0v) is 15.6. The average molecular weight is 345 g/mol. The number of amides is 1. The Labute approximate surface area is 149 Å². The topological polar surface area (TPSA) is 67.5 Å². The molecule has 1 amide bonds. The van der Waals surface area contributed by atoms with Gasteiger partial charge in [0.1, 0.15) is 5.60 Å². The van der Waals surface area contributed by atoms with Gasteiger partial charge in [-0.25, -0.2) is 4.79 Å². The first-order valence-electron chi connectivity index (χ1n) is 8.36. The number of carbonyl (C=O) groups excluding carboxylic acids is 1. The summed E-state index contributed by atoms with van der Waals surface area (Å²) in [4.78, 5) is 14.2. The third-order valence-corrected chi connectivity index (χ3v) is 3.83. The summed E-state index contributed by atoms with van der Waals surface area (Å²) in [6.45, 7) is 9.05. The summed E-state index contributed by atoms with van der Waals surface area (Å²) in [7, 11) is 1.62. The number of methoxy groups -OCH3 is 1. The molecule has 1 N–H and O–H groups in total. The van der Waals surface area contributed by atoms with Crippen molar-refractivity contribution in [2.24, 2.45) is 0 Å². The number of H-pyrrole nitrogens is 1. The van der Waals surface area contributed by atoms with Gasteiger partial charge in [0.2, 0.25) is 0 Å². The molecule has 0 aliphatic rings. The molecule has 0 aliphatic heterocycles. The fourth-order valence-corrected chi connectivity index (χ4v) is 2.53. The van der Waals surface area contributed by atoms with Gasteiger partial charge in [-0.2, -0.15) is 5.10 Å². The normalized spacial score (nSPS) is 11.4. The van der Waals surface area contributed by atoms with E-state index in [1.165, 1.54) is 0 Å². The molecule has 0 aliphatic carbocycles. The SMILES string of the molecule is COCCN(Cc1cccc(-c2cn[nH]c2)c1C)C(=O)OC(C)(C)C. The zero-order valence-electron chi connectivity index (χ0n) is 15.6. The van der Waals surface area contributed by atoms with Crippen LogP contribution in [-0.4, -0.2) is 47.1 Å². The van der Waals surface area contributed by atoms with Gasteiger partial charge >= 0.3 is 6.09 Å². The van der Waals surface area contributed by atoms with E-state index in [1.54, 1.807) is 18.2 Å². The van der Waals surface area contributed by atoms with Crippen molar-refractivity contribution in [2.45, 2.75) is 39.8 Å². The van der Waals surface area contributed by atoms with Crippen LogP contribution in [0, 0.1) is 6.92 Å². The first kappa shape index (κ1) is 19.0. The van der Waals surface area contributed by atoms with E-state index in [2.05, 4.69) is 23.2 Å². The van der Waals surface area contributed by atoms with Crippen LogP contribution in [0.15, 0.2) is 30.6 Å². The van der Waals surface area contributed by atoms with Crippen LogP contribution in [0.4, 0.5) is 4.79 Å². The molecule has 0 fully saturated rings. The lowest BCUT2D eigenvalue weighted by Gasteiger charge is -2.28. The largest absolute Gasteiger partial charge is 0.444 e. The Balaban J connectivity index is 2.23. The Morgan fingerprint density at radius 2 is 2.08 bits per heavy atom. The Hall–Kier alpha value is -2.34. The summed E-state index contributed by atoms with van der Waals surface area (Å²) in [5.41, 5.74) is 3.79. The monoisotopic (exact) mass is 345 g/mol. The van der Waals surface area contributed by atoms with Crippen LogP contribution in [0.25, 0.3) is 11.1 Å². The van der Waals surface area contributed by atoms with Crippen LogP contribution in [-0.2, 0) is 16.0 Å². The Bertz CT molecular complexity index is 690. The molecular formula is C19H27N3O3. The summed E-state index contributed by atoms with van der Waals surface area (Å²) >= 11 is 0. The molecule has 0 unspecified atom stereocenters. The predicted molar refractivity (Wildman–Crippen MR) is 97.3 cm³/mol. The second-order valence-electron chi connectivity index (χ2n) is 6.97. The van der Waals surface area contributed by atoms with Gasteiger partial charge in [0.05, 0.1) is 12.8 Å². The molecule has 0 bridgehead atoms. The second-order valence-corrected chi connectivity index (χ2v) is 6.97. The van der Waals surface area contributed by atoms with E-state index < -0.39 is 5.60 Å². The number of aromatic amines is 1. The molecule has 1 aromatic heterocycles. The molecule has 0 spiro atoms. The lowest BCUT2D eigenvalue weighted by Crippen LogP contribution is -2.38. The number of carbonyl (C=O) groups is 1. The van der Waals surface area contributed by atoms with Gasteiger partial charge in [-0.3, -0.25) is 5.10 Å². The van der Waals surface area contributed by atoms with Gasteiger partial charge in [-0.15, -0.1) is 0 Å². The van der Waals surface area contributed by atoms with Crippen molar-refractivity contribution in [3.63, 3.8) is 0 Å². The number of hydrogen-bond acceptors (Lipinski definition) is 4. The summed E-state index contributed by atoms with van der Waals surface area (Å²) in [5, 5.41) is 6.85. The first-order chi connectivity index (χ1) is 11.8. The maximum absolute atomic E-state index is 12.5. The summed E-state index contributed by atoms with van der Waals surface area (Å²) < 4.78 is 10.7. The lowest BCUT2D eigenvalue weighted by atomic mass is 9.98. The summed E-state index contributed by atoms with van der Waals surface area (Å²) in [6, 6.07) is 6.08. The smallest absolute Gasteiger partial charge is 0.410 e. The molecule has 2 rings (SSSR count). The van der Waals surface area contributed by atoms with Crippen molar-refractivity contribution < 1.29 is 14.3 Å². The number of aromatic nitrogens is 2. The predicted octanol–water partition coefficient (Wildman–Crippen LogP) is 3.77. The number of nitrogens with one attached hydrogen (secondary N) is 1. The van der Waals surface area contributed by atoms with Gasteiger partial charge in [0.25, 0.3) is 0 Å². The highest BCUT2D eigenvalue weighted by Crippen LogP contribution is 2.26. The van der Waals surface area contributed by atoms with Crippen molar-refractivity contribution in [1.82, 2.24) is 15.1 Å². The van der Waals surface area contributed by atoms with Crippen LogP contribution in [0.3, 0.4) is 0 Å². The highest BCUT2D eigenvalue weighted by Gasteiger charge is 2.23. The summed E-state index contributed by atoms with van der Waals surface area (Å²) in [6.07, 6.45) is 3.32. The molecule has 0 saturated carbocycles. The van der Waals surface area contributed by atoms with Crippen molar-refractivity contribution in [2.75, 3.05) is 20.3 Å². The minimum atomic E-state index is -0.532. The molecule has 2 aromatic rings.